The van der Waals surface area contributed by atoms with Gasteiger partial charge in [0.15, 0.2) is 0 Å². The van der Waals surface area contributed by atoms with Crippen LogP contribution in [-0.4, -0.2) is 58.2 Å². The van der Waals surface area contributed by atoms with Crippen LogP contribution in [0.3, 0.4) is 0 Å². The van der Waals surface area contributed by atoms with Crippen molar-refractivity contribution in [2.24, 2.45) is 0 Å². The van der Waals surface area contributed by atoms with E-state index in [0.29, 0.717) is 35.0 Å². The zero-order valence-electron chi connectivity index (χ0n) is 18.6. The zero-order chi connectivity index (χ0) is 24.2. The van der Waals surface area contributed by atoms with Crippen molar-refractivity contribution < 1.29 is 19.0 Å². The van der Waals surface area contributed by atoms with Crippen molar-refractivity contribution in [3.8, 4) is 39.7 Å². The van der Waals surface area contributed by atoms with E-state index in [1.165, 1.54) is 30.5 Å². The molecular formula is C25H23FN4O4. The lowest BCUT2D eigenvalue weighted by molar-refractivity contribution is 0.0692. The highest BCUT2D eigenvalue weighted by Crippen LogP contribution is 2.35. The van der Waals surface area contributed by atoms with E-state index in [-0.39, 0.29) is 16.8 Å². The van der Waals surface area contributed by atoms with Crippen molar-refractivity contribution in [1.29, 1.82) is 0 Å². The summed E-state index contributed by atoms with van der Waals surface area (Å²) in [5, 5.41) is 9.34. The first-order valence-electron chi connectivity index (χ1n) is 10.5. The van der Waals surface area contributed by atoms with E-state index < -0.39 is 17.3 Å². The summed E-state index contributed by atoms with van der Waals surface area (Å²) in [5.41, 5.74) is 1.02. The summed E-state index contributed by atoms with van der Waals surface area (Å²) in [6.45, 7) is 1.33. The van der Waals surface area contributed by atoms with Gasteiger partial charge in [-0.15, -0.1) is 0 Å². The van der Waals surface area contributed by atoms with Gasteiger partial charge in [0, 0.05) is 35.5 Å². The maximum absolute atomic E-state index is 15.1. The molecule has 8 nitrogen and oxygen atoms in total. The number of H-pyrrole nitrogens is 2. The molecule has 0 atom stereocenters. The highest BCUT2D eigenvalue weighted by atomic mass is 19.1. The summed E-state index contributed by atoms with van der Waals surface area (Å²) >= 11 is 0. The first-order chi connectivity index (χ1) is 16.3. The fraction of sp³-hybridized carbons (Fsp3) is 0.160. The Bertz CT molecular complexity index is 1380. The van der Waals surface area contributed by atoms with Crippen LogP contribution in [0, 0.1) is 5.82 Å². The smallest absolute Gasteiger partial charge is 0.338 e. The molecule has 174 valence electrons. The fourth-order valence-electron chi connectivity index (χ4n) is 3.45. The number of carboxylic acid groups (broad SMARTS) is 1. The number of aromatic carboxylic acids is 1. The van der Waals surface area contributed by atoms with Gasteiger partial charge in [-0.3, -0.25) is 4.79 Å². The van der Waals surface area contributed by atoms with Gasteiger partial charge in [0.05, 0.1) is 17.0 Å². The Kier molecular flexibility index (Phi) is 6.55. The second kappa shape index (κ2) is 9.72. The molecule has 4 rings (SSSR count). The number of aromatic amines is 2. The summed E-state index contributed by atoms with van der Waals surface area (Å²) in [6.07, 6.45) is 1.47. The van der Waals surface area contributed by atoms with Crippen LogP contribution >= 0.6 is 0 Å². The molecule has 0 bridgehead atoms. The number of hydrogen-bond donors (Lipinski definition) is 3. The second-order valence-electron chi connectivity index (χ2n) is 7.90. The number of hydrogen-bond acceptors (Lipinski definition) is 5. The minimum atomic E-state index is -1.37. The van der Waals surface area contributed by atoms with Gasteiger partial charge in [-0.2, -0.15) is 0 Å². The molecule has 0 amide bonds. The average molecular weight is 462 g/mol. The Morgan fingerprint density at radius 2 is 1.88 bits per heavy atom. The van der Waals surface area contributed by atoms with Crippen LogP contribution in [-0.2, 0) is 0 Å². The number of carbonyl (C=O) groups is 1. The highest BCUT2D eigenvalue weighted by molar-refractivity contribution is 5.91. The van der Waals surface area contributed by atoms with Crippen LogP contribution in [0.5, 0.6) is 5.75 Å². The summed E-state index contributed by atoms with van der Waals surface area (Å²) in [4.78, 5) is 35.7. The minimum absolute atomic E-state index is 0.0394. The summed E-state index contributed by atoms with van der Waals surface area (Å²) in [6, 6.07) is 14.4. The molecule has 2 aromatic heterocycles. The first-order valence-corrected chi connectivity index (χ1v) is 10.5. The molecule has 0 saturated carbocycles. The lowest BCUT2D eigenvalue weighted by Gasteiger charge is -2.11. The predicted molar refractivity (Wildman–Crippen MR) is 126 cm³/mol. The molecule has 34 heavy (non-hydrogen) atoms. The highest BCUT2D eigenvalue weighted by Gasteiger charge is 2.21. The van der Waals surface area contributed by atoms with E-state index in [0.717, 1.165) is 6.54 Å². The van der Waals surface area contributed by atoms with Crippen molar-refractivity contribution in [2.75, 3.05) is 27.2 Å². The van der Waals surface area contributed by atoms with Crippen molar-refractivity contribution in [2.45, 2.75) is 0 Å². The van der Waals surface area contributed by atoms with Crippen molar-refractivity contribution in [1.82, 2.24) is 19.9 Å². The Balaban J connectivity index is 1.77. The van der Waals surface area contributed by atoms with Crippen LogP contribution in [0.2, 0.25) is 0 Å². The van der Waals surface area contributed by atoms with Gasteiger partial charge in [-0.05, 0) is 56.6 Å². The molecule has 0 aliphatic rings. The molecule has 9 heteroatoms. The predicted octanol–water partition coefficient (Wildman–Crippen LogP) is 3.88. The van der Waals surface area contributed by atoms with Crippen LogP contribution in [0.4, 0.5) is 4.39 Å². The number of benzene rings is 2. The normalized spacial score (nSPS) is 11.1. The second-order valence-corrected chi connectivity index (χ2v) is 7.90. The molecule has 0 aliphatic carbocycles. The van der Waals surface area contributed by atoms with Gasteiger partial charge in [-0.25, -0.2) is 14.2 Å². The lowest BCUT2D eigenvalue weighted by Crippen LogP contribution is -2.19. The third-order valence-corrected chi connectivity index (χ3v) is 5.19. The molecule has 0 unspecified atom stereocenters. The molecule has 0 fully saturated rings. The number of rotatable bonds is 8. The van der Waals surface area contributed by atoms with Gasteiger partial charge >= 0.3 is 5.97 Å². The number of nitrogens with zero attached hydrogens (tertiary/aromatic N) is 2. The topological polar surface area (TPSA) is 111 Å². The Hall–Kier alpha value is -4.24. The molecule has 2 heterocycles. The largest absolute Gasteiger partial charge is 0.492 e. The SMILES string of the molecule is CN(C)CCOc1ccc(-c2nc(-c3cc[nH]c(=O)c3)c(-c3cccc(C(=O)O)c3F)[nH]2)cc1. The zero-order valence-corrected chi connectivity index (χ0v) is 18.6. The number of pyridine rings is 1. The Morgan fingerprint density at radius 3 is 2.56 bits per heavy atom. The number of aromatic nitrogens is 3. The van der Waals surface area contributed by atoms with E-state index in [4.69, 9.17) is 4.74 Å². The fourth-order valence-corrected chi connectivity index (χ4v) is 3.45. The number of imidazole rings is 1. The van der Waals surface area contributed by atoms with E-state index in [9.17, 15) is 14.7 Å². The number of halogens is 1. The lowest BCUT2D eigenvalue weighted by atomic mass is 10.0. The summed E-state index contributed by atoms with van der Waals surface area (Å²) in [5.74, 6) is -1.12. The van der Waals surface area contributed by atoms with Gasteiger partial charge in [0.2, 0.25) is 5.56 Å². The number of nitrogens with one attached hydrogen (secondary N) is 2. The number of likely N-dealkylation sites (N-methyl/N-ethyl adjacent to an activating group) is 1. The molecule has 2 aromatic carbocycles. The third kappa shape index (κ3) is 4.89. The van der Waals surface area contributed by atoms with Gasteiger partial charge in [0.1, 0.15) is 24.0 Å². The van der Waals surface area contributed by atoms with E-state index in [1.54, 1.807) is 6.07 Å². The van der Waals surface area contributed by atoms with Crippen LogP contribution in [0.25, 0.3) is 33.9 Å². The van der Waals surface area contributed by atoms with E-state index in [2.05, 4.69) is 15.0 Å². The maximum Gasteiger partial charge on any atom is 0.338 e. The molecule has 0 saturated heterocycles. The molecule has 0 radical (unpaired) electrons. The van der Waals surface area contributed by atoms with Crippen LogP contribution in [0.1, 0.15) is 10.4 Å². The molecule has 4 aromatic rings. The average Bonchev–Trinajstić information content (AvgIpc) is 3.24. The van der Waals surface area contributed by atoms with Gasteiger partial charge in [0.25, 0.3) is 0 Å². The van der Waals surface area contributed by atoms with E-state index >= 15 is 4.39 Å². The standard InChI is InChI=1S/C25H23FN4O4/c1-30(2)12-13-34-17-8-6-15(7-9-17)24-28-22(16-10-11-27-20(31)14-16)23(29-24)18-4-3-5-19(21(18)26)25(32)33/h3-11,14H,12-13H2,1-2H3,(H,27,31)(H,28,29)(H,32,33). The van der Waals surface area contributed by atoms with Gasteiger partial charge < -0.3 is 24.7 Å². The van der Waals surface area contributed by atoms with E-state index in [1.807, 2.05) is 43.3 Å². The Morgan fingerprint density at radius 1 is 1.12 bits per heavy atom. The molecule has 0 aliphatic heterocycles. The molecule has 0 spiro atoms. The van der Waals surface area contributed by atoms with Crippen molar-refractivity contribution in [3.63, 3.8) is 0 Å². The minimum Gasteiger partial charge on any atom is -0.492 e. The summed E-state index contributed by atoms with van der Waals surface area (Å²) in [7, 11) is 3.93. The number of carboxylic acids is 1. The number of ether oxygens (including phenoxy) is 1. The van der Waals surface area contributed by atoms with Crippen LogP contribution < -0.4 is 10.3 Å². The van der Waals surface area contributed by atoms with Gasteiger partial charge in [-0.1, -0.05) is 6.07 Å². The quantitative estimate of drug-likeness (QED) is 0.367. The van der Waals surface area contributed by atoms with Crippen molar-refractivity contribution in [3.05, 3.63) is 82.5 Å². The molecule has 3 N–H and O–H groups in total. The van der Waals surface area contributed by atoms with Crippen LogP contribution in [0.15, 0.2) is 65.6 Å². The Labute approximate surface area is 194 Å². The maximum atomic E-state index is 15.1. The summed E-state index contributed by atoms with van der Waals surface area (Å²) < 4.78 is 20.8. The van der Waals surface area contributed by atoms with Crippen molar-refractivity contribution >= 4 is 5.97 Å². The third-order valence-electron chi connectivity index (χ3n) is 5.19. The first kappa shape index (κ1) is 22.9. The molecular weight excluding hydrogens is 439 g/mol. The monoisotopic (exact) mass is 462 g/mol.